The minimum atomic E-state index is -0.0611. The Balaban J connectivity index is 2.16. The number of rotatable bonds is 2. The fraction of sp³-hybridized carbons (Fsp3) is 0.222. The maximum Gasteiger partial charge on any atom is 0.104 e. The molecule has 22 heavy (non-hydrogen) atoms. The average Bonchev–Trinajstić information content (AvgIpc) is 2.53. The Morgan fingerprint density at radius 1 is 1.18 bits per heavy atom. The van der Waals surface area contributed by atoms with Crippen LogP contribution in [0.15, 0.2) is 47.5 Å². The Labute approximate surface area is 141 Å². The molecule has 3 rings (SSSR count). The van der Waals surface area contributed by atoms with Crippen LogP contribution in [0.3, 0.4) is 0 Å². The van der Waals surface area contributed by atoms with Gasteiger partial charge in [-0.2, -0.15) is 0 Å². The number of aliphatic imine (C=N–C) groups is 1. The molecule has 1 aliphatic heterocycles. The van der Waals surface area contributed by atoms with E-state index in [2.05, 4.69) is 17.0 Å². The van der Waals surface area contributed by atoms with Crippen molar-refractivity contribution in [3.8, 4) is 0 Å². The second-order valence-corrected chi connectivity index (χ2v) is 6.26. The number of thiocarbonyl (C=S) groups is 1. The molecule has 0 fully saturated rings. The van der Waals surface area contributed by atoms with E-state index in [0.29, 0.717) is 0 Å². The van der Waals surface area contributed by atoms with E-state index < -0.39 is 0 Å². The third-order valence-electron chi connectivity index (χ3n) is 3.94. The molecule has 2 aromatic rings. The van der Waals surface area contributed by atoms with E-state index >= 15 is 0 Å². The van der Waals surface area contributed by atoms with Crippen LogP contribution >= 0.6 is 23.8 Å². The molecule has 0 aromatic heterocycles. The lowest BCUT2D eigenvalue weighted by Gasteiger charge is -2.28. The van der Waals surface area contributed by atoms with Gasteiger partial charge in [-0.15, -0.1) is 0 Å². The fourth-order valence-corrected chi connectivity index (χ4v) is 3.15. The topological polar surface area (TPSA) is 15.6 Å². The molecule has 0 saturated heterocycles. The summed E-state index contributed by atoms with van der Waals surface area (Å²) in [6.45, 7) is 0. The molecule has 1 aliphatic rings. The standard InChI is InChI=1S/C18H17ClN2S/c1-21(2)17-10-13-9-12(11-22)7-8-14(13)18(20-17)15-5-3-4-6-16(15)19/h3-9,11,18H,10H2,1-2H3. The van der Waals surface area contributed by atoms with Gasteiger partial charge in [0.1, 0.15) is 11.9 Å². The molecule has 2 aromatic carbocycles. The highest BCUT2D eigenvalue weighted by Gasteiger charge is 2.25. The normalized spacial score (nSPS) is 16.7. The van der Waals surface area contributed by atoms with Crippen molar-refractivity contribution in [1.29, 1.82) is 0 Å². The minimum absolute atomic E-state index is 0.0611. The first-order chi connectivity index (χ1) is 10.6. The van der Waals surface area contributed by atoms with Crippen LogP contribution in [0.4, 0.5) is 0 Å². The van der Waals surface area contributed by atoms with Gasteiger partial charge in [0.15, 0.2) is 0 Å². The van der Waals surface area contributed by atoms with Crippen molar-refractivity contribution >= 4 is 35.0 Å². The summed E-state index contributed by atoms with van der Waals surface area (Å²) in [5, 5.41) is 2.47. The Bertz CT molecular complexity index is 753. The zero-order chi connectivity index (χ0) is 15.7. The molecule has 0 saturated carbocycles. The van der Waals surface area contributed by atoms with Crippen LogP contribution in [0.5, 0.6) is 0 Å². The molecule has 1 unspecified atom stereocenters. The van der Waals surface area contributed by atoms with Crippen LogP contribution in [-0.4, -0.2) is 30.2 Å². The van der Waals surface area contributed by atoms with Gasteiger partial charge in [0.2, 0.25) is 0 Å². The third-order valence-corrected chi connectivity index (χ3v) is 4.56. The van der Waals surface area contributed by atoms with E-state index in [1.165, 1.54) is 11.1 Å². The molecule has 0 bridgehead atoms. The number of hydrogen-bond donors (Lipinski definition) is 0. The van der Waals surface area contributed by atoms with Gasteiger partial charge in [0.05, 0.1) is 0 Å². The molecule has 0 amide bonds. The van der Waals surface area contributed by atoms with E-state index in [1.807, 2.05) is 44.4 Å². The Morgan fingerprint density at radius 2 is 1.95 bits per heavy atom. The third kappa shape index (κ3) is 2.79. The van der Waals surface area contributed by atoms with Crippen LogP contribution in [0.25, 0.3) is 0 Å². The summed E-state index contributed by atoms with van der Waals surface area (Å²) in [5.41, 5.74) is 4.58. The number of halogens is 1. The highest BCUT2D eigenvalue weighted by molar-refractivity contribution is 7.79. The summed E-state index contributed by atoms with van der Waals surface area (Å²) in [4.78, 5) is 7.00. The highest BCUT2D eigenvalue weighted by Crippen LogP contribution is 2.36. The van der Waals surface area contributed by atoms with Gasteiger partial charge >= 0.3 is 0 Å². The predicted octanol–water partition coefficient (Wildman–Crippen LogP) is 4.29. The zero-order valence-corrected chi connectivity index (χ0v) is 14.2. The molecule has 2 nitrogen and oxygen atoms in total. The lowest BCUT2D eigenvalue weighted by Crippen LogP contribution is -2.29. The van der Waals surface area contributed by atoms with Crippen molar-refractivity contribution in [2.24, 2.45) is 4.99 Å². The number of benzene rings is 2. The summed E-state index contributed by atoms with van der Waals surface area (Å²) in [6.07, 6.45) is 0.820. The molecule has 1 heterocycles. The first kappa shape index (κ1) is 15.2. The summed E-state index contributed by atoms with van der Waals surface area (Å²) < 4.78 is 0. The van der Waals surface area contributed by atoms with Crippen molar-refractivity contribution in [2.75, 3.05) is 14.1 Å². The summed E-state index contributed by atoms with van der Waals surface area (Å²) in [5.74, 6) is 1.05. The van der Waals surface area contributed by atoms with Crippen LogP contribution in [0.2, 0.25) is 5.02 Å². The van der Waals surface area contributed by atoms with Crippen molar-refractivity contribution in [3.05, 3.63) is 69.7 Å². The SMILES string of the molecule is CN(C)C1=NC(c2ccccc2Cl)c2ccc(C=S)cc2C1. The second kappa shape index (κ2) is 6.19. The van der Waals surface area contributed by atoms with Gasteiger partial charge in [0, 0.05) is 30.9 Å². The van der Waals surface area contributed by atoms with Crippen LogP contribution in [-0.2, 0) is 6.42 Å². The van der Waals surface area contributed by atoms with E-state index in [4.69, 9.17) is 28.8 Å². The van der Waals surface area contributed by atoms with Gasteiger partial charge in [0.25, 0.3) is 0 Å². The number of nitrogens with zero attached hydrogens (tertiary/aromatic N) is 2. The molecule has 0 aliphatic carbocycles. The highest BCUT2D eigenvalue weighted by atomic mass is 35.5. The maximum atomic E-state index is 6.40. The Kier molecular flexibility index (Phi) is 4.27. The van der Waals surface area contributed by atoms with Gasteiger partial charge in [-0.05, 0) is 28.3 Å². The molecular weight excluding hydrogens is 312 g/mol. The molecule has 1 atom stereocenters. The van der Waals surface area contributed by atoms with Gasteiger partial charge in [-0.25, -0.2) is 0 Å². The smallest absolute Gasteiger partial charge is 0.104 e. The number of fused-ring (bicyclic) bond motifs is 1. The predicted molar refractivity (Wildman–Crippen MR) is 97.3 cm³/mol. The first-order valence-corrected chi connectivity index (χ1v) is 8.01. The largest absolute Gasteiger partial charge is 0.366 e. The lowest BCUT2D eigenvalue weighted by atomic mass is 9.89. The fourth-order valence-electron chi connectivity index (χ4n) is 2.76. The van der Waals surface area contributed by atoms with Crippen molar-refractivity contribution in [3.63, 3.8) is 0 Å². The van der Waals surface area contributed by atoms with Crippen LogP contribution in [0, 0.1) is 0 Å². The van der Waals surface area contributed by atoms with Crippen molar-refractivity contribution in [1.82, 2.24) is 4.90 Å². The number of amidine groups is 1. The molecular formula is C18H17ClN2S. The number of likely N-dealkylation sites (N-methyl/N-ethyl adjacent to an activating group) is 1. The molecule has 0 spiro atoms. The summed E-state index contributed by atoms with van der Waals surface area (Å²) >= 11 is 11.5. The first-order valence-electron chi connectivity index (χ1n) is 7.16. The van der Waals surface area contributed by atoms with Crippen molar-refractivity contribution < 1.29 is 0 Å². The van der Waals surface area contributed by atoms with Gasteiger partial charge in [-0.3, -0.25) is 4.99 Å². The Hall–Kier alpha value is -1.71. The van der Waals surface area contributed by atoms with Crippen molar-refractivity contribution in [2.45, 2.75) is 12.5 Å². The van der Waals surface area contributed by atoms with Crippen LogP contribution in [0.1, 0.15) is 28.3 Å². The van der Waals surface area contributed by atoms with Gasteiger partial charge in [-0.1, -0.05) is 60.2 Å². The molecule has 0 N–H and O–H groups in total. The lowest BCUT2D eigenvalue weighted by molar-refractivity contribution is 0.592. The average molecular weight is 329 g/mol. The second-order valence-electron chi connectivity index (χ2n) is 5.62. The molecule has 0 radical (unpaired) electrons. The Morgan fingerprint density at radius 3 is 2.64 bits per heavy atom. The minimum Gasteiger partial charge on any atom is -0.366 e. The molecule has 112 valence electrons. The quantitative estimate of drug-likeness (QED) is 0.764. The maximum absolute atomic E-state index is 6.40. The van der Waals surface area contributed by atoms with Crippen LogP contribution < -0.4 is 0 Å². The zero-order valence-electron chi connectivity index (χ0n) is 12.6. The van der Waals surface area contributed by atoms with E-state index in [1.54, 1.807) is 5.37 Å². The molecule has 4 heteroatoms. The summed E-state index contributed by atoms with van der Waals surface area (Å²) in [6, 6.07) is 14.2. The number of hydrogen-bond acceptors (Lipinski definition) is 3. The summed E-state index contributed by atoms with van der Waals surface area (Å²) in [7, 11) is 4.05. The van der Waals surface area contributed by atoms with E-state index in [-0.39, 0.29) is 6.04 Å². The van der Waals surface area contributed by atoms with Gasteiger partial charge < -0.3 is 4.90 Å². The van der Waals surface area contributed by atoms with E-state index in [0.717, 1.165) is 28.4 Å². The monoisotopic (exact) mass is 328 g/mol. The van der Waals surface area contributed by atoms with E-state index in [9.17, 15) is 0 Å².